The first kappa shape index (κ1) is 28.1. The van der Waals surface area contributed by atoms with Gasteiger partial charge in [0.1, 0.15) is 0 Å². The van der Waals surface area contributed by atoms with E-state index in [-0.39, 0.29) is 11.7 Å². The average molecular weight is 457 g/mol. The molecule has 0 atom stereocenters. The molecule has 32 heavy (non-hydrogen) atoms. The van der Waals surface area contributed by atoms with Crippen molar-refractivity contribution in [3.63, 3.8) is 0 Å². The number of phenolic OH excluding ortho intramolecular Hbond substituents is 1. The average Bonchev–Trinajstić information content (AvgIpc) is 2.74. The van der Waals surface area contributed by atoms with E-state index in [0.717, 1.165) is 26.2 Å². The summed E-state index contributed by atoms with van der Waals surface area (Å²) in [6.07, 6.45) is 0. The van der Waals surface area contributed by atoms with Gasteiger partial charge in [-0.15, -0.1) is 0 Å². The number of nitrogens with zero attached hydrogens (tertiary/aromatic N) is 5. The summed E-state index contributed by atoms with van der Waals surface area (Å²) in [6, 6.07) is 0.894. The van der Waals surface area contributed by atoms with E-state index in [4.69, 9.17) is 15.9 Å². The third-order valence-electron chi connectivity index (χ3n) is 4.04. The van der Waals surface area contributed by atoms with Crippen LogP contribution >= 0.6 is 0 Å². The maximum absolute atomic E-state index is 10.4. The molecule has 1 rings (SSSR count). The van der Waals surface area contributed by atoms with E-state index in [9.17, 15) is 30.3 Å². The second kappa shape index (κ2) is 13.4. The number of rotatable bonds is 9. The third kappa shape index (κ3) is 8.44. The monoisotopic (exact) mass is 457 g/mol. The molecule has 0 aliphatic heterocycles. The van der Waals surface area contributed by atoms with Crippen molar-refractivity contribution in [2.24, 2.45) is 0 Å². The highest BCUT2D eigenvalue weighted by molar-refractivity contribution is 6.37. The molecule has 5 N–H and O–H groups in total. The first-order valence-corrected chi connectivity index (χ1v) is 9.08. The van der Waals surface area contributed by atoms with Crippen molar-refractivity contribution in [3.05, 3.63) is 42.5 Å². The minimum absolute atomic E-state index is 0.258. The Hall–Kier alpha value is -3.92. The topological polar surface area (TPSA) is 228 Å². The molecule has 1 aromatic rings. The van der Waals surface area contributed by atoms with Crippen LogP contribution in [-0.2, 0) is 0 Å². The van der Waals surface area contributed by atoms with Crippen molar-refractivity contribution in [2.75, 3.05) is 54.4 Å². The molecule has 0 bridgehead atoms. The minimum atomic E-state index is -1.21. The van der Waals surface area contributed by atoms with Crippen molar-refractivity contribution >= 4 is 28.7 Å². The van der Waals surface area contributed by atoms with Gasteiger partial charge >= 0.3 is 11.4 Å². The van der Waals surface area contributed by atoms with Crippen molar-refractivity contribution in [2.45, 2.75) is 0 Å². The zero-order valence-corrected chi connectivity index (χ0v) is 18.1. The molecule has 16 nitrogen and oxygen atoms in total. The van der Waals surface area contributed by atoms with Crippen LogP contribution in [0.4, 0.5) is 17.1 Å². The van der Waals surface area contributed by atoms with Gasteiger partial charge in [0.2, 0.25) is 0 Å². The van der Waals surface area contributed by atoms with E-state index < -0.39 is 37.6 Å². The van der Waals surface area contributed by atoms with Crippen molar-refractivity contribution in [1.82, 2.24) is 20.4 Å². The van der Waals surface area contributed by atoms with Gasteiger partial charge < -0.3 is 25.5 Å². The van der Waals surface area contributed by atoms with Gasteiger partial charge in [0.25, 0.3) is 11.4 Å². The standard InChI is InChI=1S/C10H24N6.C6H3N3O7/c1-13-5-7-15(3)9(11)10(12)16(4)8-6-14-2;10-6-4(8(13)14)1-3(7(11)12)2-5(6)9(15)16/h11-14H,5-8H2,1-4H3;1-2,10H. The van der Waals surface area contributed by atoms with Crippen LogP contribution in [0.25, 0.3) is 0 Å². The number of benzene rings is 1. The van der Waals surface area contributed by atoms with Gasteiger partial charge in [-0.1, -0.05) is 0 Å². The number of aromatic hydroxyl groups is 1. The maximum atomic E-state index is 10.4. The Bertz CT molecular complexity index is 803. The van der Waals surface area contributed by atoms with Gasteiger partial charge in [0.05, 0.1) is 26.9 Å². The number of phenols is 1. The number of nitro benzene ring substituents is 3. The summed E-state index contributed by atoms with van der Waals surface area (Å²) in [5, 5.41) is 62.0. The molecule has 16 heteroatoms. The highest BCUT2D eigenvalue weighted by atomic mass is 16.6. The molecule has 0 aromatic heterocycles. The quantitative estimate of drug-likeness (QED) is 0.147. The summed E-state index contributed by atoms with van der Waals surface area (Å²) in [6.45, 7) is 3.09. The highest BCUT2D eigenvalue weighted by Gasteiger charge is 2.30. The second-order valence-electron chi connectivity index (χ2n) is 6.35. The van der Waals surface area contributed by atoms with Crippen LogP contribution in [0.2, 0.25) is 0 Å². The van der Waals surface area contributed by atoms with Gasteiger partial charge in [-0.3, -0.25) is 41.2 Å². The summed E-state index contributed by atoms with van der Waals surface area (Å²) in [5.41, 5.74) is -3.00. The van der Waals surface area contributed by atoms with E-state index in [1.807, 2.05) is 28.2 Å². The fourth-order valence-electron chi connectivity index (χ4n) is 2.12. The zero-order chi connectivity index (χ0) is 25.0. The SMILES string of the molecule is CNCCN(C)C(=N)C(=N)N(C)CCNC.O=[N+]([O-])c1cc([N+](=O)[O-])c(O)c([N+](=O)[O-])c1. The lowest BCUT2D eigenvalue weighted by Gasteiger charge is -2.26. The van der Waals surface area contributed by atoms with Gasteiger partial charge in [-0.2, -0.15) is 0 Å². The second-order valence-corrected chi connectivity index (χ2v) is 6.35. The van der Waals surface area contributed by atoms with Gasteiger partial charge in [-0.05, 0) is 14.1 Å². The van der Waals surface area contributed by atoms with Gasteiger partial charge in [0, 0.05) is 40.3 Å². The molecule has 0 saturated carbocycles. The largest absolute Gasteiger partial charge is 0.497 e. The summed E-state index contributed by atoms with van der Waals surface area (Å²) >= 11 is 0. The lowest BCUT2D eigenvalue weighted by molar-refractivity contribution is -0.404. The van der Waals surface area contributed by atoms with Crippen LogP contribution in [0.5, 0.6) is 5.75 Å². The minimum Gasteiger partial charge on any atom is -0.497 e. The molecule has 0 aliphatic carbocycles. The van der Waals surface area contributed by atoms with E-state index in [1.54, 1.807) is 9.80 Å². The number of likely N-dealkylation sites (N-methyl/N-ethyl adjacent to an activating group) is 4. The van der Waals surface area contributed by atoms with Crippen molar-refractivity contribution < 1.29 is 19.9 Å². The summed E-state index contributed by atoms with van der Waals surface area (Å²) in [4.78, 5) is 31.3. The fourth-order valence-corrected chi connectivity index (χ4v) is 2.12. The number of nitro groups is 3. The predicted molar refractivity (Wildman–Crippen MR) is 117 cm³/mol. The van der Waals surface area contributed by atoms with Gasteiger partial charge in [0.15, 0.2) is 11.7 Å². The van der Waals surface area contributed by atoms with Crippen molar-refractivity contribution in [1.29, 1.82) is 10.8 Å². The first-order chi connectivity index (χ1) is 14.9. The molecular weight excluding hydrogens is 430 g/mol. The third-order valence-corrected chi connectivity index (χ3v) is 4.04. The number of amidine groups is 2. The summed E-state index contributed by atoms with van der Waals surface area (Å²) in [5.74, 6) is -0.691. The summed E-state index contributed by atoms with van der Waals surface area (Å²) in [7, 11) is 7.42. The van der Waals surface area contributed by atoms with Crippen LogP contribution in [-0.4, -0.2) is 95.7 Å². The smallest absolute Gasteiger partial charge is 0.324 e. The summed E-state index contributed by atoms with van der Waals surface area (Å²) < 4.78 is 0. The molecule has 178 valence electrons. The normalized spacial score (nSPS) is 9.88. The Morgan fingerprint density at radius 2 is 1.22 bits per heavy atom. The Labute approximate surface area is 183 Å². The Morgan fingerprint density at radius 3 is 1.47 bits per heavy atom. The molecule has 0 fully saturated rings. The lowest BCUT2D eigenvalue weighted by atomic mass is 10.2. The van der Waals surface area contributed by atoms with Crippen LogP contribution < -0.4 is 10.6 Å². The molecule has 0 radical (unpaired) electrons. The molecule has 0 unspecified atom stereocenters. The molecule has 0 aliphatic rings. The molecule has 0 saturated heterocycles. The number of hydrogen-bond acceptors (Lipinski definition) is 11. The van der Waals surface area contributed by atoms with Crippen LogP contribution in [0.15, 0.2) is 12.1 Å². The Morgan fingerprint density at radius 1 is 0.875 bits per heavy atom. The predicted octanol–water partition coefficient (Wildman–Crippen LogP) is 0.360. The Balaban J connectivity index is 0.000000601. The molecule has 0 spiro atoms. The molecule has 0 amide bonds. The maximum Gasteiger partial charge on any atom is 0.324 e. The fraction of sp³-hybridized carbons (Fsp3) is 0.500. The van der Waals surface area contributed by atoms with E-state index in [0.29, 0.717) is 12.1 Å². The molecular formula is C16H27N9O7. The Kier molecular flexibility index (Phi) is 11.8. The molecule has 1 aromatic carbocycles. The number of hydrogen-bond donors (Lipinski definition) is 5. The number of non-ortho nitro benzene ring substituents is 1. The van der Waals surface area contributed by atoms with Crippen molar-refractivity contribution in [3.8, 4) is 5.75 Å². The number of nitrogens with one attached hydrogen (secondary N) is 4. The lowest BCUT2D eigenvalue weighted by Crippen LogP contribution is -2.44. The van der Waals surface area contributed by atoms with E-state index >= 15 is 0 Å². The first-order valence-electron chi connectivity index (χ1n) is 9.08. The van der Waals surface area contributed by atoms with Crippen LogP contribution in [0, 0.1) is 41.2 Å². The highest BCUT2D eigenvalue weighted by Crippen LogP contribution is 2.38. The van der Waals surface area contributed by atoms with E-state index in [2.05, 4.69) is 10.6 Å². The van der Waals surface area contributed by atoms with Crippen LogP contribution in [0.1, 0.15) is 0 Å². The zero-order valence-electron chi connectivity index (χ0n) is 18.1. The van der Waals surface area contributed by atoms with Gasteiger partial charge in [-0.25, -0.2) is 0 Å². The molecule has 0 heterocycles. The van der Waals surface area contributed by atoms with Crippen LogP contribution in [0.3, 0.4) is 0 Å². The van der Waals surface area contributed by atoms with E-state index in [1.165, 1.54) is 0 Å².